The van der Waals surface area contributed by atoms with Crippen LogP contribution in [0.25, 0.3) is 0 Å². The summed E-state index contributed by atoms with van der Waals surface area (Å²) in [5.74, 6) is 0.580. The Morgan fingerprint density at radius 2 is 1.80 bits per heavy atom. The second kappa shape index (κ2) is 6.09. The Balaban J connectivity index is 1.88. The van der Waals surface area contributed by atoms with Crippen molar-refractivity contribution in [1.82, 2.24) is 9.97 Å². The van der Waals surface area contributed by atoms with Gasteiger partial charge in [0.25, 0.3) is 0 Å². The van der Waals surface area contributed by atoms with E-state index in [-0.39, 0.29) is 0 Å². The molecule has 2 aromatic rings. The number of alkyl halides is 3. The van der Waals surface area contributed by atoms with Crippen LogP contribution >= 0.6 is 11.6 Å². The summed E-state index contributed by atoms with van der Waals surface area (Å²) in [7, 11) is 0. The van der Waals surface area contributed by atoms with Gasteiger partial charge in [0.15, 0.2) is 0 Å². The summed E-state index contributed by atoms with van der Waals surface area (Å²) < 4.78 is 37.2. The molecule has 7 heteroatoms. The minimum Gasteiger partial charge on any atom is -0.370 e. The number of anilines is 1. The van der Waals surface area contributed by atoms with Crippen molar-refractivity contribution < 1.29 is 13.2 Å². The zero-order chi connectivity index (χ0) is 14.6. The van der Waals surface area contributed by atoms with Crippen molar-refractivity contribution in [3.05, 3.63) is 52.9 Å². The number of aromatic nitrogens is 2. The Hall–Kier alpha value is -1.82. The van der Waals surface area contributed by atoms with E-state index < -0.39 is 11.7 Å². The van der Waals surface area contributed by atoms with Crippen LogP contribution in [0.1, 0.15) is 11.1 Å². The quantitative estimate of drug-likeness (QED) is 0.873. The van der Waals surface area contributed by atoms with Crippen LogP contribution in [-0.2, 0) is 12.6 Å². The maximum absolute atomic E-state index is 12.4. The summed E-state index contributed by atoms with van der Waals surface area (Å²) >= 11 is 5.70. The molecule has 0 saturated carbocycles. The molecule has 1 heterocycles. The molecule has 0 aliphatic rings. The molecule has 0 atom stereocenters. The second-order valence-corrected chi connectivity index (χ2v) is 4.48. The lowest BCUT2D eigenvalue weighted by Crippen LogP contribution is -2.08. The van der Waals surface area contributed by atoms with Gasteiger partial charge in [0.2, 0.25) is 0 Å². The molecule has 0 aliphatic carbocycles. The van der Waals surface area contributed by atoms with Crippen molar-refractivity contribution in [1.29, 1.82) is 0 Å². The number of benzene rings is 1. The topological polar surface area (TPSA) is 37.8 Å². The molecule has 106 valence electrons. The number of rotatable bonds is 4. The maximum Gasteiger partial charge on any atom is 0.416 e. The van der Waals surface area contributed by atoms with Gasteiger partial charge in [-0.3, -0.25) is 0 Å². The van der Waals surface area contributed by atoms with Crippen molar-refractivity contribution >= 4 is 17.4 Å². The summed E-state index contributed by atoms with van der Waals surface area (Å²) in [6.07, 6.45) is -2.38. The van der Waals surface area contributed by atoms with E-state index in [2.05, 4.69) is 15.3 Å². The van der Waals surface area contributed by atoms with Crippen LogP contribution < -0.4 is 5.32 Å². The van der Waals surface area contributed by atoms with Crippen molar-refractivity contribution in [2.45, 2.75) is 12.6 Å². The van der Waals surface area contributed by atoms with Gasteiger partial charge in [-0.05, 0) is 24.1 Å². The molecule has 0 saturated heterocycles. The van der Waals surface area contributed by atoms with Crippen LogP contribution in [-0.4, -0.2) is 16.5 Å². The number of hydrogen-bond acceptors (Lipinski definition) is 3. The molecule has 0 fully saturated rings. The summed E-state index contributed by atoms with van der Waals surface area (Å²) in [6, 6.07) is 6.68. The predicted molar refractivity (Wildman–Crippen MR) is 70.7 cm³/mol. The van der Waals surface area contributed by atoms with E-state index in [1.807, 2.05) is 0 Å². The van der Waals surface area contributed by atoms with Crippen LogP contribution in [0, 0.1) is 0 Å². The third kappa shape index (κ3) is 4.09. The lowest BCUT2D eigenvalue weighted by atomic mass is 10.1. The lowest BCUT2D eigenvalue weighted by Gasteiger charge is -2.08. The van der Waals surface area contributed by atoms with Gasteiger partial charge < -0.3 is 5.32 Å². The fraction of sp³-hybridized carbons (Fsp3) is 0.231. The standard InChI is InChI=1S/C13H11ClF3N3/c14-11-7-12(20-8-19-11)18-6-5-9-1-3-10(4-2-9)13(15,16)17/h1-4,7-8H,5-6H2,(H,18,19,20). The molecule has 1 N–H and O–H groups in total. The Morgan fingerprint density at radius 1 is 1.10 bits per heavy atom. The van der Waals surface area contributed by atoms with Crippen molar-refractivity contribution in [3.63, 3.8) is 0 Å². The zero-order valence-electron chi connectivity index (χ0n) is 10.3. The number of halogens is 4. The van der Waals surface area contributed by atoms with E-state index in [1.54, 1.807) is 6.07 Å². The van der Waals surface area contributed by atoms with Gasteiger partial charge in [0.05, 0.1) is 5.56 Å². The van der Waals surface area contributed by atoms with E-state index in [9.17, 15) is 13.2 Å². The van der Waals surface area contributed by atoms with Gasteiger partial charge in [-0.25, -0.2) is 9.97 Å². The van der Waals surface area contributed by atoms with Gasteiger partial charge >= 0.3 is 6.18 Å². The van der Waals surface area contributed by atoms with E-state index in [0.717, 1.165) is 17.7 Å². The Morgan fingerprint density at radius 3 is 2.40 bits per heavy atom. The normalized spacial score (nSPS) is 11.4. The average Bonchev–Trinajstić information content (AvgIpc) is 2.38. The van der Waals surface area contributed by atoms with E-state index in [1.165, 1.54) is 18.5 Å². The van der Waals surface area contributed by atoms with Gasteiger partial charge in [0, 0.05) is 12.6 Å². The van der Waals surface area contributed by atoms with Crippen molar-refractivity contribution in [2.75, 3.05) is 11.9 Å². The van der Waals surface area contributed by atoms with Crippen LogP contribution in [0.2, 0.25) is 5.15 Å². The van der Waals surface area contributed by atoms with E-state index >= 15 is 0 Å². The fourth-order valence-electron chi connectivity index (χ4n) is 1.63. The first kappa shape index (κ1) is 14.6. The average molecular weight is 302 g/mol. The Kier molecular flexibility index (Phi) is 4.44. The highest BCUT2D eigenvalue weighted by atomic mass is 35.5. The van der Waals surface area contributed by atoms with E-state index in [4.69, 9.17) is 11.6 Å². The fourth-order valence-corrected chi connectivity index (χ4v) is 1.77. The monoisotopic (exact) mass is 301 g/mol. The number of hydrogen-bond donors (Lipinski definition) is 1. The smallest absolute Gasteiger partial charge is 0.370 e. The molecule has 3 nitrogen and oxygen atoms in total. The number of nitrogens with one attached hydrogen (secondary N) is 1. The Labute approximate surface area is 118 Å². The van der Waals surface area contributed by atoms with Gasteiger partial charge in [-0.2, -0.15) is 13.2 Å². The minimum absolute atomic E-state index is 0.331. The Bertz CT molecular complexity index is 570. The summed E-state index contributed by atoms with van der Waals surface area (Å²) in [5, 5.41) is 3.35. The molecule has 0 spiro atoms. The first-order chi connectivity index (χ1) is 9.45. The van der Waals surface area contributed by atoms with Gasteiger partial charge in [0.1, 0.15) is 17.3 Å². The van der Waals surface area contributed by atoms with Gasteiger partial charge in [-0.1, -0.05) is 23.7 Å². The van der Waals surface area contributed by atoms with Crippen LogP contribution in [0.4, 0.5) is 19.0 Å². The van der Waals surface area contributed by atoms with E-state index in [0.29, 0.717) is 23.9 Å². The molecule has 0 radical (unpaired) electrons. The largest absolute Gasteiger partial charge is 0.416 e. The van der Waals surface area contributed by atoms with Crippen molar-refractivity contribution in [3.8, 4) is 0 Å². The molecule has 0 bridgehead atoms. The van der Waals surface area contributed by atoms with Crippen LogP contribution in [0.5, 0.6) is 0 Å². The molecular weight excluding hydrogens is 291 g/mol. The van der Waals surface area contributed by atoms with Crippen molar-refractivity contribution in [2.24, 2.45) is 0 Å². The van der Waals surface area contributed by atoms with Gasteiger partial charge in [-0.15, -0.1) is 0 Å². The maximum atomic E-state index is 12.4. The first-order valence-electron chi connectivity index (χ1n) is 5.83. The highest BCUT2D eigenvalue weighted by Crippen LogP contribution is 2.29. The molecule has 2 rings (SSSR count). The van der Waals surface area contributed by atoms with Crippen LogP contribution in [0.3, 0.4) is 0 Å². The highest BCUT2D eigenvalue weighted by molar-refractivity contribution is 6.29. The molecule has 0 amide bonds. The minimum atomic E-state index is -4.30. The first-order valence-corrected chi connectivity index (χ1v) is 6.20. The molecule has 1 aromatic carbocycles. The summed E-state index contributed by atoms with van der Waals surface area (Å²) in [4.78, 5) is 7.71. The third-order valence-electron chi connectivity index (χ3n) is 2.63. The zero-order valence-corrected chi connectivity index (χ0v) is 11.0. The number of nitrogens with zero attached hydrogens (tertiary/aromatic N) is 2. The SMILES string of the molecule is FC(F)(F)c1ccc(CCNc2cc(Cl)ncn2)cc1. The molecule has 0 aliphatic heterocycles. The predicted octanol–water partition coefficient (Wildman–Crippen LogP) is 3.80. The van der Waals surface area contributed by atoms with Crippen LogP contribution in [0.15, 0.2) is 36.7 Å². The highest BCUT2D eigenvalue weighted by Gasteiger charge is 2.29. The summed E-state index contributed by atoms with van der Waals surface area (Å²) in [6.45, 7) is 0.540. The molecule has 20 heavy (non-hydrogen) atoms. The molecule has 0 unspecified atom stereocenters. The summed E-state index contributed by atoms with van der Waals surface area (Å²) in [5.41, 5.74) is 0.169. The lowest BCUT2D eigenvalue weighted by molar-refractivity contribution is -0.137. The third-order valence-corrected chi connectivity index (χ3v) is 2.84. The molecule has 1 aromatic heterocycles. The second-order valence-electron chi connectivity index (χ2n) is 4.10. The molecular formula is C13H11ClF3N3.